The highest BCUT2D eigenvalue weighted by atomic mass is 32.1. The highest BCUT2D eigenvalue weighted by molar-refractivity contribution is 7.08. The number of nitrogens with zero attached hydrogens (tertiary/aromatic N) is 3. The van der Waals surface area contributed by atoms with E-state index < -0.39 is 0 Å². The number of carbonyl (C=O) groups excluding carboxylic acids is 1. The van der Waals surface area contributed by atoms with Crippen LogP contribution in [0.4, 0.5) is 0 Å². The average Bonchev–Trinajstić information content (AvgIpc) is 2.98. The second kappa shape index (κ2) is 7.04. The van der Waals surface area contributed by atoms with Crippen molar-refractivity contribution < 1.29 is 9.53 Å². The molecular weight excluding hydrogens is 312 g/mol. The van der Waals surface area contributed by atoms with Gasteiger partial charge < -0.3 is 10.1 Å². The Labute approximate surface area is 139 Å². The van der Waals surface area contributed by atoms with Crippen LogP contribution < -0.4 is 10.1 Å². The Morgan fingerprint density at radius 1 is 1.26 bits per heavy atom. The molecule has 1 aliphatic carbocycles. The zero-order chi connectivity index (χ0) is 16.2. The van der Waals surface area contributed by atoms with E-state index in [1.165, 1.54) is 0 Å². The molecule has 0 aliphatic heterocycles. The van der Waals surface area contributed by atoms with Crippen LogP contribution in [0.15, 0.2) is 18.3 Å². The van der Waals surface area contributed by atoms with E-state index in [0.717, 1.165) is 48.7 Å². The summed E-state index contributed by atoms with van der Waals surface area (Å²) < 4.78 is 9.85. The maximum absolute atomic E-state index is 12.2. The third kappa shape index (κ3) is 3.85. The van der Waals surface area contributed by atoms with Crippen LogP contribution in [0.2, 0.25) is 0 Å². The van der Waals surface area contributed by atoms with Gasteiger partial charge in [-0.1, -0.05) is 4.49 Å². The fraction of sp³-hybridized carbons (Fsp3) is 0.500. The zero-order valence-electron chi connectivity index (χ0n) is 13.3. The van der Waals surface area contributed by atoms with Crippen LogP contribution in [-0.2, 0) is 0 Å². The first-order valence-corrected chi connectivity index (χ1v) is 8.59. The summed E-state index contributed by atoms with van der Waals surface area (Å²) in [6, 6.07) is 4.04. The van der Waals surface area contributed by atoms with E-state index in [1.54, 1.807) is 13.1 Å². The van der Waals surface area contributed by atoms with Gasteiger partial charge in [-0.3, -0.25) is 9.78 Å². The number of rotatable bonds is 4. The molecule has 1 aliphatic rings. The number of carbonyl (C=O) groups is 1. The average molecular weight is 332 g/mol. The van der Waals surface area contributed by atoms with Crippen LogP contribution in [0.3, 0.4) is 0 Å². The Morgan fingerprint density at radius 2 is 2.04 bits per heavy atom. The molecule has 122 valence electrons. The molecule has 1 fully saturated rings. The van der Waals surface area contributed by atoms with Gasteiger partial charge >= 0.3 is 0 Å². The topological polar surface area (TPSA) is 77.0 Å². The lowest BCUT2D eigenvalue weighted by Gasteiger charge is -2.29. The van der Waals surface area contributed by atoms with Gasteiger partial charge in [-0.15, -0.1) is 5.10 Å². The molecule has 2 aromatic rings. The van der Waals surface area contributed by atoms with Crippen LogP contribution in [0.5, 0.6) is 5.75 Å². The fourth-order valence-electron chi connectivity index (χ4n) is 2.79. The Bertz CT molecular complexity index is 680. The molecule has 3 rings (SSSR count). The molecule has 0 atom stereocenters. The van der Waals surface area contributed by atoms with E-state index in [0.29, 0.717) is 10.6 Å². The highest BCUT2D eigenvalue weighted by Crippen LogP contribution is 2.25. The number of hydrogen-bond donors (Lipinski definition) is 1. The quantitative estimate of drug-likeness (QED) is 0.931. The number of aryl methyl sites for hydroxylation is 2. The molecule has 1 saturated carbocycles. The van der Waals surface area contributed by atoms with E-state index in [1.807, 2.05) is 19.1 Å². The monoisotopic (exact) mass is 332 g/mol. The molecule has 6 nitrogen and oxygen atoms in total. The van der Waals surface area contributed by atoms with Crippen molar-refractivity contribution in [3.05, 3.63) is 34.6 Å². The molecule has 0 bridgehead atoms. The van der Waals surface area contributed by atoms with Crippen LogP contribution in [0.25, 0.3) is 0 Å². The van der Waals surface area contributed by atoms with E-state index in [9.17, 15) is 4.79 Å². The molecular formula is C16H20N4O2S. The summed E-state index contributed by atoms with van der Waals surface area (Å²) in [4.78, 5) is 17.0. The van der Waals surface area contributed by atoms with Gasteiger partial charge in [0.05, 0.1) is 17.5 Å². The van der Waals surface area contributed by atoms with Gasteiger partial charge in [0.15, 0.2) is 0 Å². The van der Waals surface area contributed by atoms with Gasteiger partial charge in [-0.2, -0.15) is 0 Å². The third-order valence-corrected chi connectivity index (χ3v) is 4.95. The SMILES string of the molecule is Cc1ncccc1OC1CCC(NC(=O)c2snnc2C)CC1. The smallest absolute Gasteiger partial charge is 0.265 e. The molecule has 1 N–H and O–H groups in total. The molecule has 2 aromatic heterocycles. The number of nitrogens with one attached hydrogen (secondary N) is 1. The van der Waals surface area contributed by atoms with Crippen molar-refractivity contribution in [3.63, 3.8) is 0 Å². The van der Waals surface area contributed by atoms with Crippen LogP contribution >= 0.6 is 11.5 Å². The third-order valence-electron chi connectivity index (χ3n) is 4.12. The summed E-state index contributed by atoms with van der Waals surface area (Å²) in [5.74, 6) is 0.788. The number of pyridine rings is 1. The first-order chi connectivity index (χ1) is 11.1. The Hall–Kier alpha value is -2.02. The summed E-state index contributed by atoms with van der Waals surface area (Å²) in [5, 5.41) is 6.96. The fourth-order valence-corrected chi connectivity index (χ4v) is 3.35. The van der Waals surface area contributed by atoms with Crippen LogP contribution in [0, 0.1) is 13.8 Å². The van der Waals surface area contributed by atoms with Gasteiger partial charge in [0, 0.05) is 12.2 Å². The van der Waals surface area contributed by atoms with Crippen LogP contribution in [-0.4, -0.2) is 32.6 Å². The van der Waals surface area contributed by atoms with Crippen LogP contribution in [0.1, 0.15) is 46.7 Å². The molecule has 0 spiro atoms. The second-order valence-corrected chi connectivity index (χ2v) is 6.59. The molecule has 7 heteroatoms. The molecule has 2 heterocycles. The summed E-state index contributed by atoms with van der Waals surface area (Å²) in [7, 11) is 0. The predicted molar refractivity (Wildman–Crippen MR) is 87.8 cm³/mol. The van der Waals surface area contributed by atoms with Crippen molar-refractivity contribution in [2.24, 2.45) is 0 Å². The van der Waals surface area contributed by atoms with Crippen molar-refractivity contribution in [2.45, 2.75) is 51.7 Å². The van der Waals surface area contributed by atoms with E-state index in [-0.39, 0.29) is 18.1 Å². The number of hydrogen-bond acceptors (Lipinski definition) is 6. The van der Waals surface area contributed by atoms with E-state index >= 15 is 0 Å². The predicted octanol–water partition coefficient (Wildman–Crippen LogP) is 2.67. The first-order valence-electron chi connectivity index (χ1n) is 7.81. The summed E-state index contributed by atoms with van der Waals surface area (Å²) in [5.41, 5.74) is 1.60. The number of aromatic nitrogens is 3. The molecule has 0 unspecified atom stereocenters. The highest BCUT2D eigenvalue weighted by Gasteiger charge is 2.25. The molecule has 0 radical (unpaired) electrons. The zero-order valence-corrected chi connectivity index (χ0v) is 14.1. The lowest BCUT2D eigenvalue weighted by atomic mass is 9.93. The Balaban J connectivity index is 1.50. The van der Waals surface area contributed by atoms with Gasteiger partial charge in [0.1, 0.15) is 10.6 Å². The van der Waals surface area contributed by atoms with Crippen molar-refractivity contribution in [2.75, 3.05) is 0 Å². The van der Waals surface area contributed by atoms with E-state index in [4.69, 9.17) is 4.74 Å². The van der Waals surface area contributed by atoms with Crippen molar-refractivity contribution >= 4 is 17.4 Å². The van der Waals surface area contributed by atoms with Crippen molar-refractivity contribution in [1.82, 2.24) is 19.9 Å². The summed E-state index contributed by atoms with van der Waals surface area (Å²) >= 11 is 1.15. The standard InChI is InChI=1S/C16H20N4O2S/c1-10-14(4-3-9-17-10)22-13-7-5-12(6-8-13)18-16(21)15-11(2)19-20-23-15/h3-4,9,12-13H,5-8H2,1-2H3,(H,18,21). The number of amides is 1. The number of ether oxygens (including phenoxy) is 1. The summed E-state index contributed by atoms with van der Waals surface area (Å²) in [6.45, 7) is 3.76. The molecule has 23 heavy (non-hydrogen) atoms. The van der Waals surface area contributed by atoms with E-state index in [2.05, 4.69) is 19.9 Å². The maximum Gasteiger partial charge on any atom is 0.265 e. The van der Waals surface area contributed by atoms with Crippen molar-refractivity contribution in [3.8, 4) is 5.75 Å². The second-order valence-electron chi connectivity index (χ2n) is 5.84. The minimum atomic E-state index is -0.0648. The Kier molecular flexibility index (Phi) is 4.85. The maximum atomic E-state index is 12.2. The van der Waals surface area contributed by atoms with Gasteiger partial charge in [-0.25, -0.2) is 0 Å². The van der Waals surface area contributed by atoms with Crippen molar-refractivity contribution in [1.29, 1.82) is 0 Å². The first kappa shape index (κ1) is 15.9. The Morgan fingerprint density at radius 3 is 2.70 bits per heavy atom. The molecule has 0 saturated heterocycles. The molecule has 0 aromatic carbocycles. The normalized spacial score (nSPS) is 21.0. The van der Waals surface area contributed by atoms with Gasteiger partial charge in [0.25, 0.3) is 5.91 Å². The van der Waals surface area contributed by atoms with Gasteiger partial charge in [-0.05, 0) is 63.2 Å². The lowest BCUT2D eigenvalue weighted by Crippen LogP contribution is -2.39. The molecule has 1 amide bonds. The lowest BCUT2D eigenvalue weighted by molar-refractivity contribution is 0.0896. The minimum Gasteiger partial charge on any atom is -0.489 e. The largest absolute Gasteiger partial charge is 0.489 e. The van der Waals surface area contributed by atoms with Gasteiger partial charge in [0.2, 0.25) is 0 Å². The minimum absolute atomic E-state index is 0.0648. The summed E-state index contributed by atoms with van der Waals surface area (Å²) in [6.07, 6.45) is 5.66.